The molecule has 0 radical (unpaired) electrons. The molecule has 8 heteroatoms. The monoisotopic (exact) mass is 404 g/mol. The fraction of sp³-hybridized carbons (Fsp3) is 0.250. The van der Waals surface area contributed by atoms with Gasteiger partial charge in [-0.15, -0.1) is 0 Å². The molecule has 1 aliphatic rings. The quantitative estimate of drug-likeness (QED) is 0.778. The molecule has 2 aromatic carbocycles. The van der Waals surface area contributed by atoms with Gasteiger partial charge < -0.3 is 10.1 Å². The number of carbonyl (C=O) groups is 1. The highest BCUT2D eigenvalue weighted by molar-refractivity contribution is 7.89. The Hall–Kier alpha value is -2.55. The summed E-state index contributed by atoms with van der Waals surface area (Å²) in [5.41, 5.74) is 1.84. The van der Waals surface area contributed by atoms with Crippen molar-refractivity contribution in [2.24, 2.45) is 0 Å². The van der Waals surface area contributed by atoms with Crippen LogP contribution in [0.15, 0.2) is 53.4 Å². The Morgan fingerprint density at radius 1 is 1.14 bits per heavy atom. The summed E-state index contributed by atoms with van der Waals surface area (Å²) in [7, 11) is -3.54. The fourth-order valence-corrected chi connectivity index (χ4v) is 4.21. The topological polar surface area (TPSA) is 75.7 Å². The van der Waals surface area contributed by atoms with Crippen molar-refractivity contribution >= 4 is 27.7 Å². The molecule has 1 amide bonds. The largest absolute Gasteiger partial charge is 0.379 e. The lowest BCUT2D eigenvalue weighted by Crippen LogP contribution is -2.40. The van der Waals surface area contributed by atoms with Gasteiger partial charge in [0, 0.05) is 24.9 Å². The summed E-state index contributed by atoms with van der Waals surface area (Å²) in [6, 6.07) is 10.4. The first-order valence-corrected chi connectivity index (χ1v) is 10.2. The highest BCUT2D eigenvalue weighted by atomic mass is 32.2. The molecule has 1 saturated heterocycles. The molecular formula is C20H21FN2O4S. The molecule has 1 heterocycles. The molecule has 28 heavy (non-hydrogen) atoms. The number of anilines is 1. The molecule has 0 aliphatic carbocycles. The van der Waals surface area contributed by atoms with Crippen LogP contribution in [0.1, 0.15) is 11.1 Å². The van der Waals surface area contributed by atoms with Gasteiger partial charge in [0.15, 0.2) is 0 Å². The summed E-state index contributed by atoms with van der Waals surface area (Å²) >= 11 is 0. The van der Waals surface area contributed by atoms with Gasteiger partial charge in [0.05, 0.1) is 18.1 Å². The first-order chi connectivity index (χ1) is 13.4. The van der Waals surface area contributed by atoms with Crippen LogP contribution in [0, 0.1) is 12.7 Å². The van der Waals surface area contributed by atoms with E-state index in [0.29, 0.717) is 43.1 Å². The summed E-state index contributed by atoms with van der Waals surface area (Å²) in [6.45, 7) is 3.17. The van der Waals surface area contributed by atoms with Crippen molar-refractivity contribution in [1.82, 2.24) is 4.31 Å². The van der Waals surface area contributed by atoms with Crippen LogP contribution >= 0.6 is 0 Å². The third-order valence-corrected chi connectivity index (χ3v) is 6.27. The number of rotatable bonds is 5. The molecular weight excluding hydrogens is 383 g/mol. The highest BCUT2D eigenvalue weighted by Crippen LogP contribution is 2.19. The van der Waals surface area contributed by atoms with Crippen molar-refractivity contribution in [1.29, 1.82) is 0 Å². The Morgan fingerprint density at radius 3 is 2.46 bits per heavy atom. The number of nitrogens with zero attached hydrogens (tertiary/aromatic N) is 1. The first kappa shape index (κ1) is 20.2. The van der Waals surface area contributed by atoms with E-state index in [1.807, 2.05) is 0 Å². The van der Waals surface area contributed by atoms with E-state index in [1.165, 1.54) is 40.7 Å². The van der Waals surface area contributed by atoms with Gasteiger partial charge >= 0.3 is 0 Å². The van der Waals surface area contributed by atoms with Crippen LogP contribution < -0.4 is 5.32 Å². The molecule has 3 rings (SSSR count). The first-order valence-electron chi connectivity index (χ1n) is 8.79. The SMILES string of the molecule is Cc1cc(F)ccc1NC(=O)C=Cc1ccc(S(=O)(=O)N2CCOCC2)cc1. The summed E-state index contributed by atoms with van der Waals surface area (Å²) in [6.07, 6.45) is 2.92. The minimum atomic E-state index is -3.54. The van der Waals surface area contributed by atoms with Crippen molar-refractivity contribution in [3.63, 3.8) is 0 Å². The standard InChI is InChI=1S/C20H21FN2O4S/c1-15-14-17(21)5-8-19(15)22-20(24)9-4-16-2-6-18(7-3-16)28(25,26)23-10-12-27-13-11-23/h2-9,14H,10-13H2,1H3,(H,22,24). The lowest BCUT2D eigenvalue weighted by atomic mass is 10.2. The zero-order valence-electron chi connectivity index (χ0n) is 15.4. The predicted molar refractivity (Wildman–Crippen MR) is 105 cm³/mol. The number of hydrogen-bond donors (Lipinski definition) is 1. The van der Waals surface area contributed by atoms with Crippen LogP contribution in [0.3, 0.4) is 0 Å². The van der Waals surface area contributed by atoms with E-state index < -0.39 is 10.0 Å². The Labute approximate surface area is 163 Å². The van der Waals surface area contributed by atoms with E-state index in [4.69, 9.17) is 4.74 Å². The van der Waals surface area contributed by atoms with Crippen molar-refractivity contribution < 1.29 is 22.3 Å². The molecule has 0 aromatic heterocycles. The minimum absolute atomic E-state index is 0.206. The third kappa shape index (κ3) is 4.83. The molecule has 0 atom stereocenters. The number of nitrogens with one attached hydrogen (secondary N) is 1. The average Bonchev–Trinajstić information content (AvgIpc) is 2.69. The third-order valence-electron chi connectivity index (χ3n) is 4.36. The maximum atomic E-state index is 13.1. The molecule has 1 fully saturated rings. The predicted octanol–water partition coefficient (Wildman–Crippen LogP) is 2.81. The van der Waals surface area contributed by atoms with Crippen molar-refractivity contribution in [2.75, 3.05) is 31.6 Å². The molecule has 0 bridgehead atoms. The Balaban J connectivity index is 1.65. The number of halogens is 1. The van der Waals surface area contributed by atoms with E-state index in [0.717, 1.165) is 0 Å². The summed E-state index contributed by atoms with van der Waals surface area (Å²) in [5, 5.41) is 2.68. The number of amides is 1. The van der Waals surface area contributed by atoms with Gasteiger partial charge in [-0.1, -0.05) is 12.1 Å². The van der Waals surface area contributed by atoms with E-state index in [-0.39, 0.29) is 16.6 Å². The van der Waals surface area contributed by atoms with Crippen LogP contribution in [-0.4, -0.2) is 44.9 Å². The number of aryl methyl sites for hydroxylation is 1. The van der Waals surface area contributed by atoms with Gasteiger partial charge in [0.1, 0.15) is 5.82 Å². The van der Waals surface area contributed by atoms with Crippen molar-refractivity contribution in [3.05, 3.63) is 65.5 Å². The summed E-state index contributed by atoms with van der Waals surface area (Å²) in [5.74, 6) is -0.724. The lowest BCUT2D eigenvalue weighted by molar-refractivity contribution is -0.111. The Bertz CT molecular complexity index is 982. The molecule has 6 nitrogen and oxygen atoms in total. The second-order valence-corrected chi connectivity index (χ2v) is 8.31. The molecule has 2 aromatic rings. The smallest absolute Gasteiger partial charge is 0.248 e. The van der Waals surface area contributed by atoms with Crippen LogP contribution in [0.25, 0.3) is 6.08 Å². The maximum absolute atomic E-state index is 13.1. The fourth-order valence-electron chi connectivity index (χ4n) is 2.80. The zero-order valence-corrected chi connectivity index (χ0v) is 16.2. The normalized spacial score (nSPS) is 15.6. The molecule has 0 spiro atoms. The highest BCUT2D eigenvalue weighted by Gasteiger charge is 2.25. The van der Waals surface area contributed by atoms with E-state index in [2.05, 4.69) is 5.32 Å². The zero-order chi connectivity index (χ0) is 20.1. The number of ether oxygens (including phenoxy) is 1. The summed E-state index contributed by atoms with van der Waals surface area (Å²) < 4.78 is 44.9. The van der Waals surface area contributed by atoms with Gasteiger partial charge in [-0.2, -0.15) is 4.31 Å². The number of morpholine rings is 1. The van der Waals surface area contributed by atoms with Crippen molar-refractivity contribution in [2.45, 2.75) is 11.8 Å². The number of hydrogen-bond acceptors (Lipinski definition) is 4. The van der Waals surface area contributed by atoms with Gasteiger partial charge in [0.2, 0.25) is 15.9 Å². The average molecular weight is 404 g/mol. The van der Waals surface area contributed by atoms with Gasteiger partial charge in [-0.25, -0.2) is 12.8 Å². The molecule has 1 N–H and O–H groups in total. The van der Waals surface area contributed by atoms with Gasteiger partial charge in [-0.05, 0) is 54.5 Å². The molecule has 0 saturated carbocycles. The second-order valence-electron chi connectivity index (χ2n) is 6.37. The second kappa shape index (κ2) is 8.64. The minimum Gasteiger partial charge on any atom is -0.379 e. The van der Waals surface area contributed by atoms with E-state index >= 15 is 0 Å². The van der Waals surface area contributed by atoms with Crippen LogP contribution in [0.5, 0.6) is 0 Å². The van der Waals surface area contributed by atoms with E-state index in [9.17, 15) is 17.6 Å². The van der Waals surface area contributed by atoms with Crippen LogP contribution in [0.4, 0.5) is 10.1 Å². The Morgan fingerprint density at radius 2 is 1.82 bits per heavy atom. The summed E-state index contributed by atoms with van der Waals surface area (Å²) in [4.78, 5) is 12.3. The molecule has 1 aliphatic heterocycles. The molecule has 0 unspecified atom stereocenters. The van der Waals surface area contributed by atoms with Crippen LogP contribution in [-0.2, 0) is 19.6 Å². The van der Waals surface area contributed by atoms with Gasteiger partial charge in [0.25, 0.3) is 0 Å². The van der Waals surface area contributed by atoms with Crippen molar-refractivity contribution in [3.8, 4) is 0 Å². The Kier molecular flexibility index (Phi) is 6.23. The number of sulfonamides is 1. The molecule has 148 valence electrons. The van der Waals surface area contributed by atoms with Gasteiger partial charge in [-0.3, -0.25) is 4.79 Å². The maximum Gasteiger partial charge on any atom is 0.248 e. The lowest BCUT2D eigenvalue weighted by Gasteiger charge is -2.26. The number of carbonyl (C=O) groups excluding carboxylic acids is 1. The number of benzene rings is 2. The van der Waals surface area contributed by atoms with E-state index in [1.54, 1.807) is 25.1 Å². The van der Waals surface area contributed by atoms with Crippen LogP contribution in [0.2, 0.25) is 0 Å².